The Balaban J connectivity index is 2.10. The van der Waals surface area contributed by atoms with Gasteiger partial charge in [0.05, 0.1) is 6.10 Å². The second-order valence-corrected chi connectivity index (χ2v) is 5.49. The van der Waals surface area contributed by atoms with Crippen LogP contribution >= 0.6 is 0 Å². The Kier molecular flexibility index (Phi) is 6.23. The third-order valence-corrected chi connectivity index (χ3v) is 3.69. The minimum atomic E-state index is 0.335. The summed E-state index contributed by atoms with van der Waals surface area (Å²) >= 11 is 0. The summed E-state index contributed by atoms with van der Waals surface area (Å²) in [6.07, 6.45) is 4.59. The lowest BCUT2D eigenvalue weighted by molar-refractivity contribution is 0.0439. The van der Waals surface area contributed by atoms with E-state index in [4.69, 9.17) is 9.72 Å². The van der Waals surface area contributed by atoms with Crippen LogP contribution in [-0.2, 0) is 11.2 Å². The van der Waals surface area contributed by atoms with Crippen molar-refractivity contribution in [2.75, 3.05) is 36.5 Å². The molecule has 0 aliphatic carbocycles. The van der Waals surface area contributed by atoms with Crippen LogP contribution in [0.1, 0.15) is 45.9 Å². The van der Waals surface area contributed by atoms with Crippen molar-refractivity contribution in [3.8, 4) is 0 Å². The molecular formula is C16H28N4O. The summed E-state index contributed by atoms with van der Waals surface area (Å²) in [7, 11) is 0. The Morgan fingerprint density at radius 2 is 2.19 bits per heavy atom. The molecule has 1 N–H and O–H groups in total. The Labute approximate surface area is 128 Å². The Hall–Kier alpha value is -1.36. The van der Waals surface area contributed by atoms with Gasteiger partial charge < -0.3 is 15.0 Å². The number of rotatable bonds is 7. The molecule has 1 saturated heterocycles. The highest BCUT2D eigenvalue weighted by Gasteiger charge is 2.22. The van der Waals surface area contributed by atoms with E-state index in [0.29, 0.717) is 6.10 Å². The summed E-state index contributed by atoms with van der Waals surface area (Å²) in [5.41, 5.74) is 0. The lowest BCUT2D eigenvalue weighted by Gasteiger charge is -2.33. The van der Waals surface area contributed by atoms with Crippen LogP contribution in [0.15, 0.2) is 6.07 Å². The highest BCUT2D eigenvalue weighted by molar-refractivity contribution is 5.49. The van der Waals surface area contributed by atoms with Gasteiger partial charge in [0.2, 0.25) is 0 Å². The lowest BCUT2D eigenvalue weighted by Crippen LogP contribution is -2.40. The van der Waals surface area contributed by atoms with Gasteiger partial charge in [-0.2, -0.15) is 0 Å². The van der Waals surface area contributed by atoms with Gasteiger partial charge in [0.25, 0.3) is 0 Å². The fourth-order valence-electron chi connectivity index (χ4n) is 2.64. The summed E-state index contributed by atoms with van der Waals surface area (Å²) in [4.78, 5) is 11.6. The first kappa shape index (κ1) is 16.0. The topological polar surface area (TPSA) is 50.3 Å². The number of ether oxygens (including phenoxy) is 1. The van der Waals surface area contributed by atoms with Gasteiger partial charge in [-0.25, -0.2) is 9.97 Å². The fourth-order valence-corrected chi connectivity index (χ4v) is 2.64. The molecular weight excluding hydrogens is 264 g/mol. The monoisotopic (exact) mass is 292 g/mol. The average Bonchev–Trinajstić information content (AvgIpc) is 2.53. The first-order valence-electron chi connectivity index (χ1n) is 8.25. The average molecular weight is 292 g/mol. The van der Waals surface area contributed by atoms with E-state index in [9.17, 15) is 0 Å². The van der Waals surface area contributed by atoms with Crippen molar-refractivity contribution in [3.63, 3.8) is 0 Å². The molecule has 1 unspecified atom stereocenters. The van der Waals surface area contributed by atoms with Crippen LogP contribution in [0, 0.1) is 0 Å². The Morgan fingerprint density at radius 1 is 1.33 bits per heavy atom. The van der Waals surface area contributed by atoms with Crippen molar-refractivity contribution in [1.29, 1.82) is 0 Å². The molecule has 0 bridgehead atoms. The van der Waals surface area contributed by atoms with Gasteiger partial charge in [-0.1, -0.05) is 13.8 Å². The van der Waals surface area contributed by atoms with Gasteiger partial charge in [-0.3, -0.25) is 0 Å². The van der Waals surface area contributed by atoms with Crippen molar-refractivity contribution in [1.82, 2.24) is 9.97 Å². The van der Waals surface area contributed by atoms with E-state index in [1.54, 1.807) is 0 Å². The van der Waals surface area contributed by atoms with E-state index in [0.717, 1.165) is 69.4 Å². The highest BCUT2D eigenvalue weighted by Crippen LogP contribution is 2.22. The molecule has 2 heterocycles. The van der Waals surface area contributed by atoms with Gasteiger partial charge in [0, 0.05) is 38.7 Å². The molecule has 0 saturated carbocycles. The molecule has 1 atom stereocenters. The van der Waals surface area contributed by atoms with Crippen LogP contribution in [-0.4, -0.2) is 42.3 Å². The summed E-state index contributed by atoms with van der Waals surface area (Å²) in [6, 6.07) is 2.06. The fraction of sp³-hybridized carbons (Fsp3) is 0.750. The van der Waals surface area contributed by atoms with E-state index in [1.807, 2.05) is 0 Å². The molecule has 1 aliphatic heterocycles. The second-order valence-electron chi connectivity index (χ2n) is 5.49. The molecule has 1 aromatic heterocycles. The van der Waals surface area contributed by atoms with Crippen molar-refractivity contribution in [3.05, 3.63) is 11.9 Å². The number of anilines is 2. The normalized spacial score (nSPS) is 18.8. The number of nitrogens with one attached hydrogen (secondary N) is 1. The summed E-state index contributed by atoms with van der Waals surface area (Å²) < 4.78 is 5.92. The predicted octanol–water partition coefficient (Wildman–Crippen LogP) is 2.87. The predicted molar refractivity (Wildman–Crippen MR) is 87.1 cm³/mol. The van der Waals surface area contributed by atoms with Gasteiger partial charge in [-0.15, -0.1) is 0 Å². The van der Waals surface area contributed by atoms with E-state index in [1.165, 1.54) is 0 Å². The number of aryl methyl sites for hydroxylation is 1. The number of hydrogen-bond acceptors (Lipinski definition) is 5. The molecule has 5 heteroatoms. The van der Waals surface area contributed by atoms with Crippen molar-refractivity contribution < 1.29 is 4.74 Å². The number of piperidine rings is 1. The van der Waals surface area contributed by atoms with Crippen LogP contribution in [0.4, 0.5) is 11.6 Å². The number of hydrogen-bond donors (Lipinski definition) is 1. The van der Waals surface area contributed by atoms with Crippen molar-refractivity contribution in [2.45, 2.75) is 52.6 Å². The maximum Gasteiger partial charge on any atom is 0.134 e. The second kappa shape index (κ2) is 8.17. The molecule has 0 spiro atoms. The van der Waals surface area contributed by atoms with E-state index >= 15 is 0 Å². The zero-order chi connectivity index (χ0) is 15.1. The minimum Gasteiger partial charge on any atom is -0.376 e. The molecule has 21 heavy (non-hydrogen) atoms. The first-order valence-corrected chi connectivity index (χ1v) is 8.25. The zero-order valence-electron chi connectivity index (χ0n) is 13.6. The van der Waals surface area contributed by atoms with Crippen LogP contribution in [0.5, 0.6) is 0 Å². The molecule has 5 nitrogen and oxygen atoms in total. The first-order chi connectivity index (χ1) is 10.3. The quantitative estimate of drug-likeness (QED) is 0.837. The third kappa shape index (κ3) is 4.56. The van der Waals surface area contributed by atoms with E-state index in [-0.39, 0.29) is 0 Å². The molecule has 0 aromatic carbocycles. The molecule has 1 aromatic rings. The summed E-state index contributed by atoms with van der Waals surface area (Å²) in [5.74, 6) is 2.86. The van der Waals surface area contributed by atoms with Gasteiger partial charge in [0.15, 0.2) is 0 Å². The van der Waals surface area contributed by atoms with Crippen LogP contribution in [0.2, 0.25) is 0 Å². The largest absolute Gasteiger partial charge is 0.376 e. The number of aromatic nitrogens is 2. The maximum atomic E-state index is 5.92. The van der Waals surface area contributed by atoms with Crippen LogP contribution in [0.25, 0.3) is 0 Å². The standard InChI is InChI=1S/C16H28N4O/c1-4-10-21-13-8-7-9-20(12-13)16-11-15(17-6-3)18-14(5-2)19-16/h11,13H,4-10,12H2,1-3H3,(H,17,18,19). The molecule has 0 radical (unpaired) electrons. The molecule has 1 fully saturated rings. The van der Waals surface area contributed by atoms with E-state index in [2.05, 4.69) is 42.0 Å². The van der Waals surface area contributed by atoms with E-state index < -0.39 is 0 Å². The molecule has 0 amide bonds. The minimum absolute atomic E-state index is 0.335. The van der Waals surface area contributed by atoms with Crippen LogP contribution in [0.3, 0.4) is 0 Å². The zero-order valence-corrected chi connectivity index (χ0v) is 13.6. The lowest BCUT2D eigenvalue weighted by atomic mass is 10.1. The summed E-state index contributed by atoms with van der Waals surface area (Å²) in [6.45, 7) is 10.1. The SMILES string of the molecule is CCCOC1CCCN(c2cc(NCC)nc(CC)n2)C1. The van der Waals surface area contributed by atoms with Crippen LogP contribution < -0.4 is 10.2 Å². The van der Waals surface area contributed by atoms with Crippen molar-refractivity contribution in [2.24, 2.45) is 0 Å². The van der Waals surface area contributed by atoms with Gasteiger partial charge >= 0.3 is 0 Å². The van der Waals surface area contributed by atoms with Crippen molar-refractivity contribution >= 4 is 11.6 Å². The smallest absolute Gasteiger partial charge is 0.134 e. The molecule has 2 rings (SSSR count). The Morgan fingerprint density at radius 3 is 2.90 bits per heavy atom. The van der Waals surface area contributed by atoms with Gasteiger partial charge in [0.1, 0.15) is 17.5 Å². The van der Waals surface area contributed by atoms with Gasteiger partial charge in [-0.05, 0) is 26.2 Å². The Bertz CT molecular complexity index is 438. The molecule has 1 aliphatic rings. The maximum absolute atomic E-state index is 5.92. The highest BCUT2D eigenvalue weighted by atomic mass is 16.5. The molecule has 118 valence electrons. The summed E-state index contributed by atoms with van der Waals surface area (Å²) in [5, 5.41) is 3.30. The number of nitrogens with zero attached hydrogens (tertiary/aromatic N) is 3. The third-order valence-electron chi connectivity index (χ3n) is 3.69.